The number of nitrogens with one attached hydrogen (secondary N) is 1. The SMILES string of the molecule is O=C(NCCC12CC3CC(CC(C3)C1)C2)C1CCN(C(=O)c2ccc(F)cc2F)CC1. The Balaban J connectivity index is 1.09. The predicted molar refractivity (Wildman–Crippen MR) is 113 cm³/mol. The first-order chi connectivity index (χ1) is 14.9. The summed E-state index contributed by atoms with van der Waals surface area (Å²) in [6.07, 6.45) is 10.6. The molecule has 0 unspecified atom stereocenters. The molecule has 6 heteroatoms. The van der Waals surface area contributed by atoms with E-state index < -0.39 is 17.5 Å². The Kier molecular flexibility index (Phi) is 5.51. The lowest BCUT2D eigenvalue weighted by atomic mass is 9.49. The standard InChI is InChI=1S/C25H32F2N2O2/c26-20-1-2-21(22(27)12-20)24(31)29-7-3-19(4-8-29)23(30)28-6-5-25-13-16-9-17(14-25)11-18(10-16)15-25/h1-2,12,16-19H,3-11,13-15H2,(H,28,30). The highest BCUT2D eigenvalue weighted by atomic mass is 19.1. The van der Waals surface area contributed by atoms with E-state index in [2.05, 4.69) is 5.32 Å². The summed E-state index contributed by atoms with van der Waals surface area (Å²) in [7, 11) is 0. The third-order valence-corrected chi connectivity index (χ3v) is 8.43. The van der Waals surface area contributed by atoms with Gasteiger partial charge in [0.1, 0.15) is 11.6 Å². The van der Waals surface area contributed by atoms with E-state index in [0.29, 0.717) is 31.3 Å². The van der Waals surface area contributed by atoms with Crippen LogP contribution in [-0.2, 0) is 4.79 Å². The van der Waals surface area contributed by atoms with E-state index >= 15 is 0 Å². The van der Waals surface area contributed by atoms with Crippen molar-refractivity contribution in [2.24, 2.45) is 29.1 Å². The molecule has 4 nitrogen and oxygen atoms in total. The van der Waals surface area contributed by atoms with Gasteiger partial charge in [0.25, 0.3) is 5.91 Å². The fraction of sp³-hybridized carbons (Fsp3) is 0.680. The molecule has 168 valence electrons. The molecule has 5 aliphatic rings. The second-order valence-corrected chi connectivity index (χ2v) is 10.6. The summed E-state index contributed by atoms with van der Waals surface area (Å²) >= 11 is 0. The van der Waals surface area contributed by atoms with Crippen molar-refractivity contribution in [3.8, 4) is 0 Å². The minimum Gasteiger partial charge on any atom is -0.356 e. The number of carbonyl (C=O) groups excluding carboxylic acids is 2. The molecule has 0 atom stereocenters. The molecule has 0 radical (unpaired) electrons. The van der Waals surface area contributed by atoms with Gasteiger partial charge in [-0.15, -0.1) is 0 Å². The van der Waals surface area contributed by atoms with Crippen molar-refractivity contribution in [3.63, 3.8) is 0 Å². The molecule has 31 heavy (non-hydrogen) atoms. The number of halogens is 2. The number of piperidine rings is 1. The maximum Gasteiger partial charge on any atom is 0.256 e. The predicted octanol–water partition coefficient (Wildman–Crippen LogP) is 4.54. The molecule has 4 bridgehead atoms. The quantitative estimate of drug-likeness (QED) is 0.746. The van der Waals surface area contributed by atoms with Crippen molar-refractivity contribution in [2.75, 3.05) is 19.6 Å². The first-order valence-corrected chi connectivity index (χ1v) is 11.9. The highest BCUT2D eigenvalue weighted by molar-refractivity contribution is 5.94. The van der Waals surface area contributed by atoms with Crippen molar-refractivity contribution >= 4 is 11.8 Å². The van der Waals surface area contributed by atoms with Crippen LogP contribution < -0.4 is 5.32 Å². The smallest absolute Gasteiger partial charge is 0.256 e. The van der Waals surface area contributed by atoms with Gasteiger partial charge in [-0.05, 0) is 93.1 Å². The number of hydrogen-bond acceptors (Lipinski definition) is 2. The van der Waals surface area contributed by atoms with Gasteiger partial charge in [0, 0.05) is 31.6 Å². The average Bonchev–Trinajstić information content (AvgIpc) is 2.72. The van der Waals surface area contributed by atoms with Gasteiger partial charge in [-0.2, -0.15) is 0 Å². The molecular formula is C25H32F2N2O2. The van der Waals surface area contributed by atoms with Crippen molar-refractivity contribution in [1.82, 2.24) is 10.2 Å². The summed E-state index contributed by atoms with van der Waals surface area (Å²) in [4.78, 5) is 26.8. The number of hydrogen-bond donors (Lipinski definition) is 1. The summed E-state index contributed by atoms with van der Waals surface area (Å²) in [5.41, 5.74) is 0.358. The molecule has 1 N–H and O–H groups in total. The van der Waals surface area contributed by atoms with E-state index in [1.54, 1.807) is 4.90 Å². The Morgan fingerprint density at radius 2 is 1.61 bits per heavy atom. The third kappa shape index (κ3) is 4.22. The molecule has 1 heterocycles. The molecule has 2 amide bonds. The zero-order chi connectivity index (χ0) is 21.6. The fourth-order valence-electron chi connectivity index (χ4n) is 7.37. The number of benzene rings is 1. The molecule has 1 aliphatic heterocycles. The number of carbonyl (C=O) groups is 2. The molecule has 4 saturated carbocycles. The molecule has 1 aromatic rings. The van der Waals surface area contributed by atoms with Crippen LogP contribution in [-0.4, -0.2) is 36.3 Å². The van der Waals surface area contributed by atoms with Crippen LogP contribution in [0, 0.1) is 40.7 Å². The highest BCUT2D eigenvalue weighted by Gasteiger charge is 2.50. The molecule has 1 saturated heterocycles. The largest absolute Gasteiger partial charge is 0.356 e. The molecule has 5 fully saturated rings. The number of likely N-dealkylation sites (tertiary alicyclic amines) is 1. The first-order valence-electron chi connectivity index (χ1n) is 11.9. The monoisotopic (exact) mass is 430 g/mol. The van der Waals surface area contributed by atoms with E-state index in [0.717, 1.165) is 42.9 Å². The molecule has 4 aliphatic carbocycles. The van der Waals surface area contributed by atoms with Crippen molar-refractivity contribution in [2.45, 2.75) is 57.8 Å². The normalized spacial score (nSPS) is 32.3. The zero-order valence-electron chi connectivity index (χ0n) is 18.0. The summed E-state index contributed by atoms with van der Waals surface area (Å²) in [5, 5.41) is 3.17. The van der Waals surface area contributed by atoms with Gasteiger partial charge in [-0.1, -0.05) is 0 Å². The van der Waals surface area contributed by atoms with E-state index in [-0.39, 0.29) is 17.4 Å². The first kappa shape index (κ1) is 20.9. The summed E-state index contributed by atoms with van der Waals surface area (Å²) in [6.45, 7) is 1.59. The van der Waals surface area contributed by atoms with Gasteiger partial charge in [-0.25, -0.2) is 8.78 Å². The summed E-state index contributed by atoms with van der Waals surface area (Å²) in [6, 6.07) is 3.02. The Bertz CT molecular complexity index is 828. The van der Waals surface area contributed by atoms with Crippen LogP contribution in [0.25, 0.3) is 0 Å². The zero-order valence-corrected chi connectivity index (χ0v) is 18.0. The maximum atomic E-state index is 13.9. The molecule has 6 rings (SSSR count). The Morgan fingerprint density at radius 3 is 2.19 bits per heavy atom. The highest BCUT2D eigenvalue weighted by Crippen LogP contribution is 2.61. The Hall–Kier alpha value is -1.98. The van der Waals surface area contributed by atoms with Crippen LogP contribution in [0.4, 0.5) is 8.78 Å². The van der Waals surface area contributed by atoms with Crippen molar-refractivity contribution in [3.05, 3.63) is 35.4 Å². The summed E-state index contributed by atoms with van der Waals surface area (Å²) < 4.78 is 27.0. The lowest BCUT2D eigenvalue weighted by molar-refractivity contribution is -0.126. The maximum absolute atomic E-state index is 13.9. The van der Waals surface area contributed by atoms with Gasteiger partial charge in [0.2, 0.25) is 5.91 Å². The fourth-order valence-corrected chi connectivity index (χ4v) is 7.37. The second-order valence-electron chi connectivity index (χ2n) is 10.6. The summed E-state index contributed by atoms with van der Waals surface area (Å²) in [5.74, 6) is 0.799. The Labute approximate surface area is 182 Å². The molecule has 1 aromatic carbocycles. The van der Waals surface area contributed by atoms with Crippen LogP contribution in [0.15, 0.2) is 18.2 Å². The van der Waals surface area contributed by atoms with Crippen LogP contribution in [0.2, 0.25) is 0 Å². The van der Waals surface area contributed by atoms with E-state index in [1.807, 2.05) is 0 Å². The number of rotatable bonds is 5. The third-order valence-electron chi connectivity index (χ3n) is 8.43. The second kappa shape index (κ2) is 8.18. The molecule has 0 aromatic heterocycles. The lowest BCUT2D eigenvalue weighted by Gasteiger charge is -2.57. The van der Waals surface area contributed by atoms with Gasteiger partial charge >= 0.3 is 0 Å². The Morgan fingerprint density at radius 1 is 1.00 bits per heavy atom. The topological polar surface area (TPSA) is 49.4 Å². The van der Waals surface area contributed by atoms with Crippen molar-refractivity contribution < 1.29 is 18.4 Å². The average molecular weight is 431 g/mol. The number of amides is 2. The van der Waals surface area contributed by atoms with Gasteiger partial charge < -0.3 is 10.2 Å². The molecule has 0 spiro atoms. The van der Waals surface area contributed by atoms with Gasteiger partial charge in [-0.3, -0.25) is 9.59 Å². The van der Waals surface area contributed by atoms with Crippen LogP contribution in [0.5, 0.6) is 0 Å². The van der Waals surface area contributed by atoms with Crippen molar-refractivity contribution in [1.29, 1.82) is 0 Å². The van der Waals surface area contributed by atoms with Gasteiger partial charge in [0.15, 0.2) is 0 Å². The van der Waals surface area contributed by atoms with Crippen LogP contribution in [0.3, 0.4) is 0 Å². The lowest BCUT2D eigenvalue weighted by Crippen LogP contribution is -2.48. The minimum atomic E-state index is -0.838. The minimum absolute atomic E-state index is 0.0878. The van der Waals surface area contributed by atoms with E-state index in [1.165, 1.54) is 44.6 Å². The van der Waals surface area contributed by atoms with Gasteiger partial charge in [0.05, 0.1) is 5.56 Å². The molecular weight excluding hydrogens is 398 g/mol. The van der Waals surface area contributed by atoms with E-state index in [4.69, 9.17) is 0 Å². The number of nitrogens with zero attached hydrogens (tertiary/aromatic N) is 1. The van der Waals surface area contributed by atoms with Crippen LogP contribution >= 0.6 is 0 Å². The van der Waals surface area contributed by atoms with E-state index in [9.17, 15) is 18.4 Å². The van der Waals surface area contributed by atoms with Crippen LogP contribution in [0.1, 0.15) is 68.1 Å².